The lowest BCUT2D eigenvalue weighted by Crippen LogP contribution is -2.44. The van der Waals surface area contributed by atoms with Crippen LogP contribution in [-0.2, 0) is 16.1 Å². The number of hydrogen-bond donors (Lipinski definition) is 2. The maximum atomic E-state index is 11.9. The van der Waals surface area contributed by atoms with Gasteiger partial charge in [-0.2, -0.15) is 5.10 Å². The summed E-state index contributed by atoms with van der Waals surface area (Å²) >= 11 is 0. The van der Waals surface area contributed by atoms with Crippen molar-refractivity contribution in [3.05, 3.63) is 28.2 Å². The highest BCUT2D eigenvalue weighted by Gasteiger charge is 2.22. The van der Waals surface area contributed by atoms with E-state index in [0.717, 1.165) is 7.11 Å². The number of carbonyl (C=O) groups excluding carboxylic acids is 2. The van der Waals surface area contributed by atoms with E-state index in [1.807, 2.05) is 6.92 Å². The summed E-state index contributed by atoms with van der Waals surface area (Å²) in [7, 11) is 1.15. The van der Waals surface area contributed by atoms with Crippen LogP contribution in [0.1, 0.15) is 23.8 Å². The second kappa shape index (κ2) is 7.39. The number of aryl methyl sites for hydroxylation is 1. The number of carbonyl (C=O) groups is 2. The summed E-state index contributed by atoms with van der Waals surface area (Å²) in [6, 6.07) is 1.32. The predicted octanol–water partition coefficient (Wildman–Crippen LogP) is -1.08. The number of nitrogens with zero attached hydrogens (tertiary/aromatic N) is 2. The molecule has 0 aliphatic rings. The number of hydrogen-bond acceptors (Lipinski definition) is 6. The highest BCUT2D eigenvalue weighted by Crippen LogP contribution is 1.95. The smallest absolute Gasteiger partial charge is 0.330 e. The first-order valence-electron chi connectivity index (χ1n) is 6.11. The lowest BCUT2D eigenvalue weighted by molar-refractivity contribution is -0.143. The van der Waals surface area contributed by atoms with Gasteiger partial charge in [0.15, 0.2) is 6.04 Å². The molecular formula is C12H17N3O5. The third kappa shape index (κ3) is 3.89. The van der Waals surface area contributed by atoms with Crippen molar-refractivity contribution in [2.75, 3.05) is 13.7 Å². The van der Waals surface area contributed by atoms with E-state index in [0.29, 0.717) is 13.0 Å². The van der Waals surface area contributed by atoms with Gasteiger partial charge in [0.1, 0.15) is 5.69 Å². The predicted molar refractivity (Wildman–Crippen MR) is 69.1 cm³/mol. The Kier molecular flexibility index (Phi) is 5.85. The van der Waals surface area contributed by atoms with Gasteiger partial charge in [-0.25, -0.2) is 9.48 Å². The SMILES string of the molecule is CCCn1nc(C(=O)NC(CO)C(=O)OC)ccc1=O. The van der Waals surface area contributed by atoms with Crippen LogP contribution < -0.4 is 10.9 Å². The summed E-state index contributed by atoms with van der Waals surface area (Å²) in [6.45, 7) is 1.67. The molecule has 0 aromatic carbocycles. The molecule has 110 valence electrons. The van der Waals surface area contributed by atoms with Crippen LogP contribution >= 0.6 is 0 Å². The molecule has 2 N–H and O–H groups in total. The highest BCUT2D eigenvalue weighted by molar-refractivity contribution is 5.95. The Morgan fingerprint density at radius 3 is 2.75 bits per heavy atom. The van der Waals surface area contributed by atoms with E-state index in [2.05, 4.69) is 15.2 Å². The lowest BCUT2D eigenvalue weighted by Gasteiger charge is -2.13. The summed E-state index contributed by atoms with van der Waals surface area (Å²) < 4.78 is 5.60. The molecule has 1 heterocycles. The van der Waals surface area contributed by atoms with Crippen molar-refractivity contribution in [3.8, 4) is 0 Å². The van der Waals surface area contributed by atoms with Crippen molar-refractivity contribution in [2.24, 2.45) is 0 Å². The largest absolute Gasteiger partial charge is 0.467 e. The molecule has 8 nitrogen and oxygen atoms in total. The Morgan fingerprint density at radius 1 is 1.50 bits per heavy atom. The average Bonchev–Trinajstić information content (AvgIpc) is 2.46. The maximum Gasteiger partial charge on any atom is 0.330 e. The van der Waals surface area contributed by atoms with Crippen molar-refractivity contribution in [3.63, 3.8) is 0 Å². The van der Waals surface area contributed by atoms with Gasteiger partial charge >= 0.3 is 5.97 Å². The Balaban J connectivity index is 2.89. The minimum Gasteiger partial charge on any atom is -0.467 e. The highest BCUT2D eigenvalue weighted by atomic mass is 16.5. The van der Waals surface area contributed by atoms with Gasteiger partial charge in [0.25, 0.3) is 11.5 Å². The van der Waals surface area contributed by atoms with Crippen LogP contribution in [0.4, 0.5) is 0 Å². The summed E-state index contributed by atoms with van der Waals surface area (Å²) in [6.07, 6.45) is 0.694. The van der Waals surface area contributed by atoms with Crippen molar-refractivity contribution >= 4 is 11.9 Å². The summed E-state index contributed by atoms with van der Waals surface area (Å²) in [5.74, 6) is -1.43. The molecule has 0 spiro atoms. The zero-order valence-electron chi connectivity index (χ0n) is 11.3. The zero-order valence-corrected chi connectivity index (χ0v) is 11.3. The van der Waals surface area contributed by atoms with E-state index in [1.54, 1.807) is 0 Å². The van der Waals surface area contributed by atoms with Crippen LogP contribution in [0.2, 0.25) is 0 Å². The topological polar surface area (TPSA) is 111 Å². The number of aliphatic hydroxyl groups is 1. The quantitative estimate of drug-likeness (QED) is 0.642. The van der Waals surface area contributed by atoms with Gasteiger partial charge in [-0.1, -0.05) is 6.92 Å². The molecule has 1 rings (SSSR count). The van der Waals surface area contributed by atoms with Crippen LogP contribution in [0.15, 0.2) is 16.9 Å². The Labute approximate surface area is 115 Å². The van der Waals surface area contributed by atoms with E-state index in [1.165, 1.54) is 16.8 Å². The molecule has 20 heavy (non-hydrogen) atoms. The fourth-order valence-electron chi connectivity index (χ4n) is 1.50. The number of ether oxygens (including phenoxy) is 1. The van der Waals surface area contributed by atoms with Gasteiger partial charge in [0.05, 0.1) is 13.7 Å². The van der Waals surface area contributed by atoms with Crippen LogP contribution in [0.3, 0.4) is 0 Å². The van der Waals surface area contributed by atoms with Crippen molar-refractivity contribution in [2.45, 2.75) is 25.9 Å². The number of aromatic nitrogens is 2. The Bertz CT molecular complexity index is 540. The molecule has 0 aliphatic heterocycles. The number of aliphatic hydroxyl groups excluding tert-OH is 1. The molecule has 0 aliphatic carbocycles. The molecule has 1 unspecified atom stereocenters. The van der Waals surface area contributed by atoms with Crippen molar-refractivity contribution < 1.29 is 19.4 Å². The maximum absolute atomic E-state index is 11.9. The second-order valence-corrected chi connectivity index (χ2v) is 4.01. The molecule has 1 aromatic heterocycles. The van der Waals surface area contributed by atoms with Crippen LogP contribution in [0.25, 0.3) is 0 Å². The fraction of sp³-hybridized carbons (Fsp3) is 0.500. The standard InChI is InChI=1S/C12H17N3O5/c1-3-6-15-10(17)5-4-8(14-15)11(18)13-9(7-16)12(19)20-2/h4-5,9,16H,3,6-7H2,1-2H3,(H,13,18). The zero-order chi connectivity index (χ0) is 15.1. The molecule has 1 atom stereocenters. The van der Waals surface area contributed by atoms with Crippen molar-refractivity contribution in [1.29, 1.82) is 0 Å². The monoisotopic (exact) mass is 283 g/mol. The Morgan fingerprint density at radius 2 is 2.20 bits per heavy atom. The second-order valence-electron chi connectivity index (χ2n) is 4.01. The molecule has 0 saturated carbocycles. The van der Waals surface area contributed by atoms with Gasteiger partial charge in [-0.05, 0) is 12.5 Å². The third-order valence-corrected chi connectivity index (χ3v) is 2.51. The van der Waals surface area contributed by atoms with Gasteiger partial charge < -0.3 is 15.2 Å². The molecule has 0 fully saturated rings. The number of nitrogens with one attached hydrogen (secondary N) is 1. The molecular weight excluding hydrogens is 266 g/mol. The van der Waals surface area contributed by atoms with Gasteiger partial charge in [-0.3, -0.25) is 9.59 Å². The first-order chi connectivity index (χ1) is 9.53. The van der Waals surface area contributed by atoms with Gasteiger partial charge in [0, 0.05) is 12.6 Å². The van der Waals surface area contributed by atoms with E-state index >= 15 is 0 Å². The number of rotatable bonds is 6. The first-order valence-corrected chi connectivity index (χ1v) is 6.11. The Hall–Kier alpha value is -2.22. The van der Waals surface area contributed by atoms with Crippen LogP contribution in [0, 0.1) is 0 Å². The van der Waals surface area contributed by atoms with Crippen molar-refractivity contribution in [1.82, 2.24) is 15.1 Å². The van der Waals surface area contributed by atoms with Crippen LogP contribution in [-0.4, -0.2) is 46.5 Å². The third-order valence-electron chi connectivity index (χ3n) is 2.51. The average molecular weight is 283 g/mol. The minimum absolute atomic E-state index is 0.0135. The molecule has 0 radical (unpaired) electrons. The number of amides is 1. The van der Waals surface area contributed by atoms with Gasteiger partial charge in [0.2, 0.25) is 0 Å². The minimum atomic E-state index is -1.17. The van der Waals surface area contributed by atoms with E-state index in [9.17, 15) is 14.4 Å². The summed E-state index contributed by atoms with van der Waals surface area (Å²) in [5, 5.41) is 15.2. The van der Waals surface area contributed by atoms with Gasteiger partial charge in [-0.15, -0.1) is 0 Å². The number of esters is 1. The van der Waals surface area contributed by atoms with E-state index in [-0.39, 0.29) is 11.3 Å². The van der Waals surface area contributed by atoms with E-state index < -0.39 is 24.5 Å². The normalized spacial score (nSPS) is 11.8. The lowest BCUT2D eigenvalue weighted by atomic mass is 10.3. The summed E-state index contributed by atoms with van der Waals surface area (Å²) in [4.78, 5) is 34.6. The molecule has 8 heteroatoms. The molecule has 0 bridgehead atoms. The first kappa shape index (κ1) is 15.8. The molecule has 1 aromatic rings. The van der Waals surface area contributed by atoms with Crippen LogP contribution in [0.5, 0.6) is 0 Å². The molecule has 1 amide bonds. The molecule has 0 saturated heterocycles. The summed E-state index contributed by atoms with van der Waals surface area (Å²) in [5.41, 5.74) is -0.324. The van der Waals surface area contributed by atoms with E-state index in [4.69, 9.17) is 5.11 Å². The number of methoxy groups -OCH3 is 1. The fourth-order valence-corrected chi connectivity index (χ4v) is 1.50.